The minimum atomic E-state index is -0.642. The Bertz CT molecular complexity index is 591. The number of rotatable bonds is 4. The summed E-state index contributed by atoms with van der Waals surface area (Å²) in [5.74, 6) is -0.645. The number of amides is 2. The average molecular weight is 321 g/mol. The van der Waals surface area contributed by atoms with Crippen molar-refractivity contribution in [3.05, 3.63) is 35.6 Å². The van der Waals surface area contributed by atoms with Crippen LogP contribution in [0.4, 0.5) is 4.39 Å². The zero-order valence-corrected chi connectivity index (χ0v) is 13.8. The van der Waals surface area contributed by atoms with Crippen LogP contribution in [0.15, 0.2) is 24.3 Å². The van der Waals surface area contributed by atoms with Crippen LogP contribution in [-0.2, 0) is 9.59 Å². The van der Waals surface area contributed by atoms with E-state index in [4.69, 9.17) is 5.73 Å². The molecule has 6 heteroatoms. The van der Waals surface area contributed by atoms with Crippen LogP contribution >= 0.6 is 0 Å². The highest BCUT2D eigenvalue weighted by Gasteiger charge is 2.41. The Hall–Kier alpha value is -1.95. The predicted molar refractivity (Wildman–Crippen MR) is 85.9 cm³/mol. The van der Waals surface area contributed by atoms with Gasteiger partial charge in [-0.25, -0.2) is 4.39 Å². The highest BCUT2D eigenvalue weighted by molar-refractivity contribution is 5.82. The third kappa shape index (κ3) is 3.88. The number of benzene rings is 1. The van der Waals surface area contributed by atoms with E-state index in [-0.39, 0.29) is 35.8 Å². The number of likely N-dealkylation sites (tertiary alicyclic amines) is 1. The summed E-state index contributed by atoms with van der Waals surface area (Å²) in [6.07, 6.45) is 1.46. The Labute approximate surface area is 136 Å². The zero-order chi connectivity index (χ0) is 17.1. The van der Waals surface area contributed by atoms with E-state index in [0.29, 0.717) is 0 Å². The van der Waals surface area contributed by atoms with E-state index in [1.807, 2.05) is 13.0 Å². The van der Waals surface area contributed by atoms with Gasteiger partial charge in [-0.05, 0) is 44.4 Å². The second-order valence-electron chi connectivity index (χ2n) is 6.24. The van der Waals surface area contributed by atoms with Crippen LogP contribution in [0, 0.1) is 5.82 Å². The molecule has 0 aromatic heterocycles. The van der Waals surface area contributed by atoms with Crippen molar-refractivity contribution in [3.8, 4) is 0 Å². The first-order valence-corrected chi connectivity index (χ1v) is 7.91. The average Bonchev–Trinajstić information content (AvgIpc) is 2.90. The molecule has 0 bridgehead atoms. The van der Waals surface area contributed by atoms with E-state index in [1.54, 1.807) is 17.9 Å². The van der Waals surface area contributed by atoms with E-state index in [1.165, 1.54) is 19.1 Å². The number of hydrogen-bond acceptors (Lipinski definition) is 3. The Kier molecular flexibility index (Phi) is 5.36. The predicted octanol–water partition coefficient (Wildman–Crippen LogP) is 1.73. The lowest BCUT2D eigenvalue weighted by molar-refractivity contribution is -0.136. The summed E-state index contributed by atoms with van der Waals surface area (Å²) < 4.78 is 13.5. The van der Waals surface area contributed by atoms with Crippen molar-refractivity contribution in [2.45, 2.75) is 57.8 Å². The molecule has 4 atom stereocenters. The van der Waals surface area contributed by atoms with Gasteiger partial charge in [0, 0.05) is 13.0 Å². The quantitative estimate of drug-likeness (QED) is 0.887. The van der Waals surface area contributed by atoms with Gasteiger partial charge in [0.2, 0.25) is 11.8 Å². The molecule has 0 unspecified atom stereocenters. The highest BCUT2D eigenvalue weighted by atomic mass is 19.1. The number of nitrogens with zero attached hydrogens (tertiary/aromatic N) is 1. The molecule has 1 aromatic rings. The van der Waals surface area contributed by atoms with Crippen LogP contribution in [0.3, 0.4) is 0 Å². The molecule has 1 aromatic carbocycles. The van der Waals surface area contributed by atoms with Crippen molar-refractivity contribution in [2.75, 3.05) is 0 Å². The first-order valence-electron chi connectivity index (χ1n) is 7.91. The van der Waals surface area contributed by atoms with Crippen LogP contribution < -0.4 is 11.1 Å². The minimum absolute atomic E-state index is 0.139. The summed E-state index contributed by atoms with van der Waals surface area (Å²) in [7, 11) is 0. The smallest absolute Gasteiger partial charge is 0.240 e. The maximum absolute atomic E-state index is 13.5. The summed E-state index contributed by atoms with van der Waals surface area (Å²) in [6.45, 7) is 4.97. The van der Waals surface area contributed by atoms with Gasteiger partial charge in [0.25, 0.3) is 0 Å². The fourth-order valence-electron chi connectivity index (χ4n) is 3.34. The molecule has 126 valence electrons. The third-order valence-corrected chi connectivity index (χ3v) is 4.31. The summed E-state index contributed by atoms with van der Waals surface area (Å²) in [6, 6.07) is 5.11. The Balaban J connectivity index is 2.32. The summed E-state index contributed by atoms with van der Waals surface area (Å²) >= 11 is 0. The number of carbonyl (C=O) groups excluding carboxylic acids is 2. The molecular weight excluding hydrogens is 297 g/mol. The second kappa shape index (κ2) is 7.08. The van der Waals surface area contributed by atoms with E-state index in [2.05, 4.69) is 5.32 Å². The molecule has 1 aliphatic rings. The Morgan fingerprint density at radius 2 is 2.04 bits per heavy atom. The standard InChI is InChI=1S/C17H24FN3O2/c1-10(19)17(23)21-15(11(2)20-12(3)22)7-8-16(21)13-5-4-6-14(18)9-13/h4-6,9-11,15-16H,7-8,19H2,1-3H3,(H,20,22)/t10-,11+,15-,16+/m1/s1. The van der Waals surface area contributed by atoms with Gasteiger partial charge >= 0.3 is 0 Å². The molecule has 1 saturated heterocycles. The third-order valence-electron chi connectivity index (χ3n) is 4.31. The number of carbonyl (C=O) groups is 2. The lowest BCUT2D eigenvalue weighted by Gasteiger charge is -2.35. The van der Waals surface area contributed by atoms with E-state index in [0.717, 1.165) is 18.4 Å². The second-order valence-corrected chi connectivity index (χ2v) is 6.24. The molecule has 0 saturated carbocycles. The molecule has 1 fully saturated rings. The minimum Gasteiger partial charge on any atom is -0.352 e. The normalized spacial score (nSPS) is 23.4. The molecule has 23 heavy (non-hydrogen) atoms. The molecule has 2 amide bonds. The van der Waals surface area contributed by atoms with Crippen molar-refractivity contribution in [2.24, 2.45) is 5.73 Å². The summed E-state index contributed by atoms with van der Waals surface area (Å²) in [4.78, 5) is 25.7. The van der Waals surface area contributed by atoms with Crippen molar-refractivity contribution in [1.29, 1.82) is 0 Å². The Morgan fingerprint density at radius 1 is 1.35 bits per heavy atom. The molecular formula is C17H24FN3O2. The van der Waals surface area contributed by atoms with Crippen molar-refractivity contribution >= 4 is 11.8 Å². The maximum atomic E-state index is 13.5. The van der Waals surface area contributed by atoms with Crippen molar-refractivity contribution in [3.63, 3.8) is 0 Å². The van der Waals surface area contributed by atoms with Crippen LogP contribution in [0.1, 0.15) is 45.2 Å². The van der Waals surface area contributed by atoms with Gasteiger partial charge in [-0.3, -0.25) is 9.59 Å². The largest absolute Gasteiger partial charge is 0.352 e. The molecule has 2 rings (SSSR count). The van der Waals surface area contributed by atoms with Gasteiger partial charge in [0.05, 0.1) is 18.1 Å². The van der Waals surface area contributed by atoms with Gasteiger partial charge < -0.3 is 16.0 Å². The lowest BCUT2D eigenvalue weighted by atomic mass is 10.0. The fourth-order valence-corrected chi connectivity index (χ4v) is 3.34. The molecule has 0 spiro atoms. The number of halogens is 1. The van der Waals surface area contributed by atoms with E-state index < -0.39 is 6.04 Å². The molecule has 1 heterocycles. The van der Waals surface area contributed by atoms with Crippen molar-refractivity contribution < 1.29 is 14.0 Å². The van der Waals surface area contributed by atoms with E-state index >= 15 is 0 Å². The first-order chi connectivity index (χ1) is 10.8. The SMILES string of the molecule is CC(=O)N[C@@H](C)[C@H]1CC[C@@H](c2cccc(F)c2)N1C(=O)[C@@H](C)N. The molecule has 0 aliphatic carbocycles. The number of nitrogens with one attached hydrogen (secondary N) is 1. The van der Waals surface area contributed by atoms with Gasteiger partial charge in [0.1, 0.15) is 5.82 Å². The monoisotopic (exact) mass is 321 g/mol. The van der Waals surface area contributed by atoms with Crippen molar-refractivity contribution in [1.82, 2.24) is 10.2 Å². The van der Waals surface area contributed by atoms with Crippen LogP contribution in [0.2, 0.25) is 0 Å². The van der Waals surface area contributed by atoms with Crippen LogP contribution in [-0.4, -0.2) is 34.8 Å². The fraction of sp³-hybridized carbons (Fsp3) is 0.529. The summed E-state index contributed by atoms with van der Waals surface area (Å²) in [5.41, 5.74) is 6.56. The first kappa shape index (κ1) is 17.4. The topological polar surface area (TPSA) is 75.4 Å². The Morgan fingerprint density at radius 3 is 2.61 bits per heavy atom. The number of nitrogens with two attached hydrogens (primary N) is 1. The summed E-state index contributed by atoms with van der Waals surface area (Å²) in [5, 5.41) is 2.84. The lowest BCUT2D eigenvalue weighted by Crippen LogP contribution is -2.53. The zero-order valence-electron chi connectivity index (χ0n) is 13.8. The van der Waals surface area contributed by atoms with Gasteiger partial charge in [0.15, 0.2) is 0 Å². The van der Waals surface area contributed by atoms with Crippen LogP contribution in [0.5, 0.6) is 0 Å². The number of hydrogen-bond donors (Lipinski definition) is 2. The molecule has 0 radical (unpaired) electrons. The maximum Gasteiger partial charge on any atom is 0.240 e. The highest BCUT2D eigenvalue weighted by Crippen LogP contribution is 2.38. The van der Waals surface area contributed by atoms with Crippen LogP contribution in [0.25, 0.3) is 0 Å². The molecule has 5 nitrogen and oxygen atoms in total. The molecule has 1 aliphatic heterocycles. The van der Waals surface area contributed by atoms with E-state index in [9.17, 15) is 14.0 Å². The van der Waals surface area contributed by atoms with Gasteiger partial charge in [-0.1, -0.05) is 12.1 Å². The molecule has 3 N–H and O–H groups in total. The van der Waals surface area contributed by atoms with Gasteiger partial charge in [-0.15, -0.1) is 0 Å². The van der Waals surface area contributed by atoms with Gasteiger partial charge in [-0.2, -0.15) is 0 Å².